The van der Waals surface area contributed by atoms with E-state index in [-0.39, 0.29) is 6.10 Å². The van der Waals surface area contributed by atoms with Crippen molar-refractivity contribution in [2.24, 2.45) is 0 Å². The summed E-state index contributed by atoms with van der Waals surface area (Å²) in [5.41, 5.74) is 5.05. The van der Waals surface area contributed by atoms with Crippen LogP contribution in [0.15, 0.2) is 66.4 Å². The van der Waals surface area contributed by atoms with Crippen molar-refractivity contribution < 1.29 is 4.74 Å². The maximum atomic E-state index is 6.47. The Balaban J connectivity index is 1.26. The van der Waals surface area contributed by atoms with Crippen molar-refractivity contribution in [1.82, 2.24) is 30.5 Å². The van der Waals surface area contributed by atoms with E-state index in [0.717, 1.165) is 71.0 Å². The lowest BCUT2D eigenvalue weighted by Gasteiger charge is -2.25. The predicted octanol–water partition coefficient (Wildman–Crippen LogP) is 4.94. The average Bonchev–Trinajstić information content (AvgIpc) is 3.60. The lowest BCUT2D eigenvalue weighted by Crippen LogP contribution is -2.34. The zero-order chi connectivity index (χ0) is 23.5. The number of hydrogen-bond donors (Lipinski definition) is 3. The molecule has 3 N–H and O–H groups in total. The Hall–Kier alpha value is -3.82. The van der Waals surface area contributed by atoms with E-state index in [1.54, 1.807) is 17.5 Å². The van der Waals surface area contributed by atoms with Crippen LogP contribution in [0.4, 0.5) is 11.6 Å². The van der Waals surface area contributed by atoms with Gasteiger partial charge in [0.1, 0.15) is 16.9 Å². The molecule has 0 bridgehead atoms. The lowest BCUT2D eigenvalue weighted by molar-refractivity contribution is 0.163. The molecule has 9 heteroatoms. The van der Waals surface area contributed by atoms with Gasteiger partial charge in [-0.25, -0.2) is 15.0 Å². The number of fused-ring (bicyclic) bond motifs is 1. The molecular weight excluding hydrogens is 458 g/mol. The number of H-pyrrole nitrogens is 1. The Morgan fingerprint density at radius 3 is 2.69 bits per heavy atom. The minimum atomic E-state index is 0.187. The molecule has 176 valence electrons. The molecule has 0 radical (unpaired) electrons. The first kappa shape index (κ1) is 21.7. The second-order valence-corrected chi connectivity index (χ2v) is 9.48. The van der Waals surface area contributed by atoms with Gasteiger partial charge >= 0.3 is 0 Å². The zero-order valence-corrected chi connectivity index (χ0v) is 19.9. The molecule has 6 rings (SSSR count). The van der Waals surface area contributed by atoms with Crippen molar-refractivity contribution in [3.8, 4) is 16.3 Å². The number of ether oxygens (including phenoxy) is 1. The zero-order valence-electron chi connectivity index (χ0n) is 19.1. The van der Waals surface area contributed by atoms with Crippen molar-refractivity contribution in [2.75, 3.05) is 18.4 Å². The van der Waals surface area contributed by atoms with Crippen LogP contribution in [0.5, 0.6) is 5.75 Å². The number of anilines is 2. The quantitative estimate of drug-likeness (QED) is 0.301. The van der Waals surface area contributed by atoms with Gasteiger partial charge in [-0.1, -0.05) is 12.1 Å². The smallest absolute Gasteiger partial charge is 0.227 e. The van der Waals surface area contributed by atoms with Gasteiger partial charge in [-0.3, -0.25) is 5.10 Å². The Morgan fingerprint density at radius 1 is 1.03 bits per heavy atom. The molecular formula is C26H25N7OS. The van der Waals surface area contributed by atoms with Crippen molar-refractivity contribution in [3.05, 3.63) is 77.7 Å². The van der Waals surface area contributed by atoms with Crippen LogP contribution in [0.1, 0.15) is 24.1 Å². The number of rotatable bonds is 7. The average molecular weight is 484 g/mol. The lowest BCUT2D eigenvalue weighted by atomic mass is 10.1. The second kappa shape index (κ2) is 9.81. The maximum Gasteiger partial charge on any atom is 0.227 e. The molecule has 0 saturated carbocycles. The number of nitrogens with zero attached hydrogens (tertiary/aromatic N) is 4. The van der Waals surface area contributed by atoms with Crippen molar-refractivity contribution in [3.63, 3.8) is 0 Å². The fourth-order valence-corrected chi connectivity index (χ4v) is 4.93. The molecule has 0 unspecified atom stereocenters. The van der Waals surface area contributed by atoms with Gasteiger partial charge in [0.25, 0.3) is 0 Å². The molecule has 0 aliphatic carbocycles. The molecule has 5 aromatic rings. The third-order valence-corrected chi connectivity index (χ3v) is 6.89. The summed E-state index contributed by atoms with van der Waals surface area (Å²) in [6.45, 7) is 1.95. The van der Waals surface area contributed by atoms with E-state index < -0.39 is 0 Å². The number of piperidine rings is 1. The van der Waals surface area contributed by atoms with Crippen LogP contribution in [0, 0.1) is 0 Å². The van der Waals surface area contributed by atoms with Gasteiger partial charge in [-0.2, -0.15) is 5.10 Å². The summed E-state index contributed by atoms with van der Waals surface area (Å²) in [5, 5.41) is 17.6. The number of nitrogens with one attached hydrogen (secondary N) is 3. The number of hydrogen-bond acceptors (Lipinski definition) is 8. The van der Waals surface area contributed by atoms with E-state index in [2.05, 4.69) is 49.0 Å². The van der Waals surface area contributed by atoms with Crippen LogP contribution in [0.25, 0.3) is 21.5 Å². The first-order valence-corrected chi connectivity index (χ1v) is 12.6. The van der Waals surface area contributed by atoms with Gasteiger partial charge in [0.2, 0.25) is 5.95 Å². The maximum absolute atomic E-state index is 6.47. The monoisotopic (exact) mass is 483 g/mol. The fraction of sp³-hybridized carbons (Fsp3) is 0.231. The van der Waals surface area contributed by atoms with Gasteiger partial charge in [-0.05, 0) is 55.8 Å². The minimum Gasteiger partial charge on any atom is -0.490 e. The highest BCUT2D eigenvalue weighted by Gasteiger charge is 2.19. The molecule has 8 nitrogen and oxygen atoms in total. The van der Waals surface area contributed by atoms with Crippen LogP contribution in [-0.4, -0.2) is 44.3 Å². The molecule has 1 aliphatic rings. The molecule has 0 spiro atoms. The van der Waals surface area contributed by atoms with E-state index in [1.165, 1.54) is 5.56 Å². The largest absolute Gasteiger partial charge is 0.490 e. The molecule has 0 amide bonds. The fourth-order valence-electron chi connectivity index (χ4n) is 4.27. The van der Waals surface area contributed by atoms with Crippen LogP contribution in [0.3, 0.4) is 0 Å². The van der Waals surface area contributed by atoms with Crippen molar-refractivity contribution >= 4 is 33.9 Å². The number of thiazole rings is 1. The van der Waals surface area contributed by atoms with Gasteiger partial charge < -0.3 is 15.4 Å². The summed E-state index contributed by atoms with van der Waals surface area (Å²) in [7, 11) is 0. The van der Waals surface area contributed by atoms with Crippen LogP contribution in [-0.2, 0) is 6.42 Å². The Bertz CT molecular complexity index is 1400. The third-order valence-electron chi connectivity index (χ3n) is 6.09. The number of aromatic amines is 1. The SMILES string of the molecule is c1cc(Cc2ccc(Nc3ncc4cc(-c5nccs5)c(OC5CCNCC5)cc4n3)cc2)[nH]n1. The normalized spacial score (nSPS) is 14.3. The highest BCUT2D eigenvalue weighted by molar-refractivity contribution is 7.13. The van der Waals surface area contributed by atoms with Crippen LogP contribution >= 0.6 is 11.3 Å². The number of aromatic nitrogens is 5. The van der Waals surface area contributed by atoms with Crippen molar-refractivity contribution in [2.45, 2.75) is 25.4 Å². The molecule has 2 aromatic carbocycles. The second-order valence-electron chi connectivity index (χ2n) is 8.59. The summed E-state index contributed by atoms with van der Waals surface area (Å²) in [5.74, 6) is 1.38. The number of benzene rings is 2. The Morgan fingerprint density at radius 2 is 1.91 bits per heavy atom. The predicted molar refractivity (Wildman–Crippen MR) is 138 cm³/mol. The first-order valence-electron chi connectivity index (χ1n) is 11.7. The topological polar surface area (TPSA) is 101 Å². The van der Waals surface area contributed by atoms with Gasteiger partial charge in [0.05, 0.1) is 11.1 Å². The van der Waals surface area contributed by atoms with Crippen molar-refractivity contribution in [1.29, 1.82) is 0 Å². The molecule has 3 aromatic heterocycles. The van der Waals surface area contributed by atoms with Gasteiger partial charge in [0.15, 0.2) is 0 Å². The molecule has 4 heterocycles. The molecule has 35 heavy (non-hydrogen) atoms. The van der Waals surface area contributed by atoms with E-state index in [1.807, 2.05) is 42.0 Å². The Kier molecular flexibility index (Phi) is 6.08. The standard InChI is InChI=1S/C26H25N7OS/c1-3-19(4-2-17(1)13-20-5-10-30-33-20)31-26-29-16-18-14-22(25-28-11-12-35-25)24(15-23(18)32-26)34-21-6-8-27-9-7-21/h1-5,10-12,14-16,21,27H,6-9,13H2,(H,30,33)(H,29,31,32). The molecule has 1 aliphatic heterocycles. The van der Waals surface area contributed by atoms with E-state index in [9.17, 15) is 0 Å². The third kappa shape index (κ3) is 5.01. The van der Waals surface area contributed by atoms with E-state index in [4.69, 9.17) is 9.72 Å². The Labute approximate surface area is 206 Å². The summed E-state index contributed by atoms with van der Waals surface area (Å²) in [6, 6.07) is 14.4. The van der Waals surface area contributed by atoms with Gasteiger partial charge in [-0.15, -0.1) is 11.3 Å². The highest BCUT2D eigenvalue weighted by atomic mass is 32.1. The molecule has 1 fully saturated rings. The van der Waals surface area contributed by atoms with Crippen LogP contribution < -0.4 is 15.4 Å². The molecule has 0 atom stereocenters. The van der Waals surface area contributed by atoms with Crippen LogP contribution in [0.2, 0.25) is 0 Å². The van der Waals surface area contributed by atoms with E-state index >= 15 is 0 Å². The van der Waals surface area contributed by atoms with Gasteiger partial charge in [0, 0.05) is 53.2 Å². The van der Waals surface area contributed by atoms with E-state index in [0.29, 0.717) is 5.95 Å². The first-order chi connectivity index (χ1) is 17.3. The summed E-state index contributed by atoms with van der Waals surface area (Å²) < 4.78 is 6.47. The summed E-state index contributed by atoms with van der Waals surface area (Å²) >= 11 is 1.61. The highest BCUT2D eigenvalue weighted by Crippen LogP contribution is 2.36. The molecule has 1 saturated heterocycles. The minimum absolute atomic E-state index is 0.187. The summed E-state index contributed by atoms with van der Waals surface area (Å²) in [6.07, 6.45) is 8.42. The summed E-state index contributed by atoms with van der Waals surface area (Å²) in [4.78, 5) is 13.9.